The van der Waals surface area contributed by atoms with Gasteiger partial charge in [-0.2, -0.15) is 4.68 Å². The number of thiophene rings is 1. The molecule has 1 aliphatic heterocycles. The number of tetrazole rings is 1. The van der Waals surface area contributed by atoms with Gasteiger partial charge in [0, 0.05) is 23.1 Å². The van der Waals surface area contributed by atoms with Gasteiger partial charge >= 0.3 is 0 Å². The lowest BCUT2D eigenvalue weighted by molar-refractivity contribution is 0.0733. The molecule has 0 radical (unpaired) electrons. The first-order chi connectivity index (χ1) is 14.7. The van der Waals surface area contributed by atoms with E-state index >= 15 is 0 Å². The van der Waals surface area contributed by atoms with Crippen LogP contribution in [-0.2, 0) is 12.8 Å². The minimum atomic E-state index is -0.0305. The molecule has 1 atom stereocenters. The summed E-state index contributed by atoms with van der Waals surface area (Å²) in [6.07, 6.45) is 6.45. The standard InChI is InChI=1S/C21H23N5O3S/c1-28-13-8-9-14(17(11-13)29-2)16-6-4-10-25(16)20(27)19-15-5-3-7-18(15)30-21(19)26-12-22-23-24-26/h8-9,11-12,16H,3-7,10H2,1-2H3/t16-/m1/s1. The van der Waals surface area contributed by atoms with Crippen LogP contribution in [0.25, 0.3) is 5.00 Å². The van der Waals surface area contributed by atoms with Gasteiger partial charge in [-0.05, 0) is 60.2 Å². The summed E-state index contributed by atoms with van der Waals surface area (Å²) < 4.78 is 12.6. The van der Waals surface area contributed by atoms with E-state index in [0.29, 0.717) is 0 Å². The lowest BCUT2D eigenvalue weighted by Crippen LogP contribution is -2.31. The van der Waals surface area contributed by atoms with Crippen molar-refractivity contribution in [2.24, 2.45) is 0 Å². The number of nitrogens with zero attached hydrogens (tertiary/aromatic N) is 5. The zero-order chi connectivity index (χ0) is 20.7. The van der Waals surface area contributed by atoms with Gasteiger partial charge in [0.25, 0.3) is 5.91 Å². The average molecular weight is 426 g/mol. The number of carbonyl (C=O) groups excluding carboxylic acids is 1. The molecule has 8 nitrogen and oxygen atoms in total. The third kappa shape index (κ3) is 3.04. The second-order valence-corrected chi connectivity index (χ2v) is 8.64. The van der Waals surface area contributed by atoms with Gasteiger partial charge in [-0.1, -0.05) is 0 Å². The van der Waals surface area contributed by atoms with Crippen molar-refractivity contribution < 1.29 is 14.3 Å². The number of ether oxygens (including phenoxy) is 2. The van der Waals surface area contributed by atoms with Crippen LogP contribution in [0.4, 0.5) is 0 Å². The van der Waals surface area contributed by atoms with E-state index in [1.165, 1.54) is 10.4 Å². The molecule has 1 aromatic carbocycles. The van der Waals surface area contributed by atoms with Crippen molar-refractivity contribution in [1.82, 2.24) is 25.1 Å². The summed E-state index contributed by atoms with van der Waals surface area (Å²) in [7, 11) is 3.29. The number of aryl methyl sites for hydroxylation is 1. The summed E-state index contributed by atoms with van der Waals surface area (Å²) in [4.78, 5) is 17.1. The summed E-state index contributed by atoms with van der Waals surface area (Å²) in [5.74, 6) is 1.54. The topological polar surface area (TPSA) is 82.4 Å². The molecule has 1 aliphatic carbocycles. The van der Waals surface area contributed by atoms with Crippen LogP contribution in [0.2, 0.25) is 0 Å². The van der Waals surface area contributed by atoms with E-state index in [2.05, 4.69) is 15.5 Å². The normalized spacial score (nSPS) is 17.9. The molecule has 0 saturated carbocycles. The molecular weight excluding hydrogens is 402 g/mol. The third-order valence-corrected chi connectivity index (χ3v) is 7.27. The molecule has 0 N–H and O–H groups in total. The Kier molecular flexibility index (Phi) is 4.90. The van der Waals surface area contributed by atoms with Crippen molar-refractivity contribution in [2.45, 2.75) is 38.1 Å². The Balaban J connectivity index is 1.55. The molecule has 0 spiro atoms. The monoisotopic (exact) mass is 425 g/mol. The maximum Gasteiger partial charge on any atom is 0.257 e. The van der Waals surface area contributed by atoms with Crippen molar-refractivity contribution >= 4 is 17.2 Å². The van der Waals surface area contributed by atoms with E-state index < -0.39 is 0 Å². The molecule has 0 unspecified atom stereocenters. The Morgan fingerprint density at radius 2 is 2.10 bits per heavy atom. The molecule has 3 heterocycles. The zero-order valence-electron chi connectivity index (χ0n) is 17.0. The number of methoxy groups -OCH3 is 2. The second-order valence-electron chi connectivity index (χ2n) is 7.56. The van der Waals surface area contributed by atoms with Crippen molar-refractivity contribution in [1.29, 1.82) is 0 Å². The number of hydrogen-bond acceptors (Lipinski definition) is 7. The number of likely N-dealkylation sites (tertiary alicyclic amines) is 1. The van der Waals surface area contributed by atoms with E-state index in [1.807, 2.05) is 23.1 Å². The molecular formula is C21H23N5O3S. The van der Waals surface area contributed by atoms with Gasteiger partial charge in [-0.15, -0.1) is 16.4 Å². The van der Waals surface area contributed by atoms with E-state index in [0.717, 1.165) is 66.3 Å². The maximum atomic E-state index is 13.9. The predicted octanol–water partition coefficient (Wildman–Crippen LogP) is 3.21. The SMILES string of the molecule is COc1ccc([C@H]2CCCN2C(=O)c2c(-n3cnnn3)sc3c2CCC3)c(OC)c1. The summed E-state index contributed by atoms with van der Waals surface area (Å²) in [5.41, 5.74) is 2.95. The number of hydrogen-bond donors (Lipinski definition) is 0. The quantitative estimate of drug-likeness (QED) is 0.624. The lowest BCUT2D eigenvalue weighted by atomic mass is 10.0. The number of fused-ring (bicyclic) bond motifs is 1. The van der Waals surface area contributed by atoms with Gasteiger partial charge in [0.15, 0.2) is 0 Å². The molecule has 2 aromatic heterocycles. The minimum absolute atomic E-state index is 0.0305. The Hall–Kier alpha value is -2.94. The van der Waals surface area contributed by atoms with E-state index in [4.69, 9.17) is 9.47 Å². The molecule has 1 amide bonds. The molecule has 1 fully saturated rings. The first-order valence-corrected chi connectivity index (χ1v) is 10.9. The minimum Gasteiger partial charge on any atom is -0.497 e. The highest BCUT2D eigenvalue weighted by Crippen LogP contribution is 2.43. The van der Waals surface area contributed by atoms with Gasteiger partial charge in [0.2, 0.25) is 0 Å². The van der Waals surface area contributed by atoms with Crippen LogP contribution in [0.5, 0.6) is 11.5 Å². The van der Waals surface area contributed by atoms with Crippen LogP contribution >= 0.6 is 11.3 Å². The number of carbonyl (C=O) groups is 1. The molecule has 5 rings (SSSR count). The Bertz CT molecular complexity index is 1080. The molecule has 0 bridgehead atoms. The largest absolute Gasteiger partial charge is 0.497 e. The fourth-order valence-electron chi connectivity index (χ4n) is 4.60. The van der Waals surface area contributed by atoms with Gasteiger partial charge in [-0.3, -0.25) is 4.79 Å². The predicted molar refractivity (Wildman–Crippen MR) is 112 cm³/mol. The smallest absolute Gasteiger partial charge is 0.257 e. The summed E-state index contributed by atoms with van der Waals surface area (Å²) in [6.45, 7) is 0.721. The summed E-state index contributed by atoms with van der Waals surface area (Å²) >= 11 is 1.63. The van der Waals surface area contributed by atoms with Crippen molar-refractivity contribution in [3.05, 3.63) is 46.1 Å². The molecule has 9 heteroatoms. The summed E-state index contributed by atoms with van der Waals surface area (Å²) in [5, 5.41) is 12.4. The molecule has 1 saturated heterocycles. The Morgan fingerprint density at radius 3 is 2.87 bits per heavy atom. The van der Waals surface area contributed by atoms with Gasteiger partial charge in [0.1, 0.15) is 22.8 Å². The molecule has 2 aliphatic rings. The number of aromatic nitrogens is 4. The van der Waals surface area contributed by atoms with Crippen LogP contribution in [0.1, 0.15) is 51.7 Å². The van der Waals surface area contributed by atoms with Crippen molar-refractivity contribution in [3.63, 3.8) is 0 Å². The van der Waals surface area contributed by atoms with E-state index in [-0.39, 0.29) is 11.9 Å². The first kappa shape index (κ1) is 19.0. The van der Waals surface area contributed by atoms with Crippen molar-refractivity contribution in [3.8, 4) is 16.5 Å². The van der Waals surface area contributed by atoms with Gasteiger partial charge in [-0.25, -0.2) is 0 Å². The maximum absolute atomic E-state index is 13.9. The van der Waals surface area contributed by atoms with Crippen LogP contribution in [0.3, 0.4) is 0 Å². The lowest BCUT2D eigenvalue weighted by Gasteiger charge is -2.27. The van der Waals surface area contributed by atoms with Crippen LogP contribution in [0, 0.1) is 0 Å². The van der Waals surface area contributed by atoms with Gasteiger partial charge < -0.3 is 14.4 Å². The number of rotatable bonds is 5. The Labute approximate surface area is 178 Å². The average Bonchev–Trinajstić information content (AvgIpc) is 3.55. The third-order valence-electron chi connectivity index (χ3n) is 5.99. The van der Waals surface area contributed by atoms with E-state index in [9.17, 15) is 4.79 Å². The highest BCUT2D eigenvalue weighted by molar-refractivity contribution is 7.15. The van der Waals surface area contributed by atoms with Crippen LogP contribution in [-0.4, -0.2) is 51.8 Å². The highest BCUT2D eigenvalue weighted by atomic mass is 32.1. The fraction of sp³-hybridized carbons (Fsp3) is 0.429. The molecule has 3 aromatic rings. The fourth-order valence-corrected chi connectivity index (χ4v) is 5.89. The summed E-state index contributed by atoms with van der Waals surface area (Å²) in [6, 6.07) is 5.78. The molecule has 30 heavy (non-hydrogen) atoms. The Morgan fingerprint density at radius 1 is 1.20 bits per heavy atom. The molecule has 156 valence electrons. The van der Waals surface area contributed by atoms with Crippen LogP contribution in [0.15, 0.2) is 24.5 Å². The van der Waals surface area contributed by atoms with Crippen LogP contribution < -0.4 is 9.47 Å². The highest BCUT2D eigenvalue weighted by Gasteiger charge is 2.37. The number of amides is 1. The second kappa shape index (κ2) is 7.71. The zero-order valence-corrected chi connectivity index (χ0v) is 17.8. The first-order valence-electron chi connectivity index (χ1n) is 10.1. The number of benzene rings is 1. The van der Waals surface area contributed by atoms with E-state index in [1.54, 1.807) is 36.6 Å². The van der Waals surface area contributed by atoms with Gasteiger partial charge in [0.05, 0.1) is 25.8 Å². The van der Waals surface area contributed by atoms with Crippen molar-refractivity contribution in [2.75, 3.05) is 20.8 Å².